The molecular weight excluding hydrogens is 274 g/mol. The highest BCUT2D eigenvalue weighted by Crippen LogP contribution is 2.15. The van der Waals surface area contributed by atoms with Gasteiger partial charge in [0.1, 0.15) is 0 Å². The summed E-state index contributed by atoms with van der Waals surface area (Å²) >= 11 is 1.36. The molecule has 1 aromatic heterocycles. The van der Waals surface area contributed by atoms with Crippen molar-refractivity contribution in [1.82, 2.24) is 5.32 Å². The maximum Gasteiger partial charge on any atom is 0.261 e. The number of aliphatic hydroxyl groups excluding tert-OH is 1. The smallest absolute Gasteiger partial charge is 0.261 e. The first-order chi connectivity index (χ1) is 9.77. The number of hydrogen-bond donors (Lipinski definition) is 2. The zero-order valence-electron chi connectivity index (χ0n) is 11.8. The molecule has 0 saturated carbocycles. The van der Waals surface area contributed by atoms with Gasteiger partial charge in [0.05, 0.1) is 23.0 Å². The summed E-state index contributed by atoms with van der Waals surface area (Å²) in [5, 5.41) is 11.5. The Morgan fingerprint density at radius 1 is 1.45 bits per heavy atom. The highest BCUT2D eigenvalue weighted by atomic mass is 32.1. The number of thiophene rings is 1. The lowest BCUT2D eigenvalue weighted by atomic mass is 10.4. The average Bonchev–Trinajstić information content (AvgIpc) is 2.92. The minimum atomic E-state index is -0.0932. The van der Waals surface area contributed by atoms with Gasteiger partial charge in [0.2, 0.25) is 0 Å². The number of unbranched alkanes of at least 4 members (excludes halogenated alkanes) is 1. The molecule has 4 nitrogen and oxygen atoms in total. The molecule has 110 valence electrons. The van der Waals surface area contributed by atoms with Crippen molar-refractivity contribution in [3.05, 3.63) is 21.9 Å². The molecular formula is C15H21NO3S. The van der Waals surface area contributed by atoms with Gasteiger partial charge in [0.15, 0.2) is 0 Å². The molecule has 20 heavy (non-hydrogen) atoms. The summed E-state index contributed by atoms with van der Waals surface area (Å²) in [7, 11) is 0. The third-order valence-electron chi connectivity index (χ3n) is 2.45. The quantitative estimate of drug-likeness (QED) is 0.570. The number of hydrogen-bond acceptors (Lipinski definition) is 4. The lowest BCUT2D eigenvalue weighted by Crippen LogP contribution is -2.26. The zero-order chi connectivity index (χ0) is 14.6. The molecule has 0 unspecified atom stereocenters. The number of nitrogens with one attached hydrogen (secondary N) is 1. The van der Waals surface area contributed by atoms with Gasteiger partial charge in [-0.15, -0.1) is 11.3 Å². The summed E-state index contributed by atoms with van der Waals surface area (Å²) in [6.07, 6.45) is 2.62. The van der Waals surface area contributed by atoms with Gasteiger partial charge in [-0.3, -0.25) is 4.79 Å². The third-order valence-corrected chi connectivity index (χ3v) is 3.45. The van der Waals surface area contributed by atoms with E-state index < -0.39 is 0 Å². The van der Waals surface area contributed by atoms with Crippen LogP contribution < -0.4 is 5.32 Å². The Kier molecular flexibility index (Phi) is 8.72. The van der Waals surface area contributed by atoms with Gasteiger partial charge in [-0.1, -0.05) is 25.2 Å². The van der Waals surface area contributed by atoms with Crippen molar-refractivity contribution in [2.75, 3.05) is 26.4 Å². The predicted octanol–water partition coefficient (Wildman–Crippen LogP) is 2.03. The van der Waals surface area contributed by atoms with Crippen molar-refractivity contribution in [2.24, 2.45) is 0 Å². The van der Waals surface area contributed by atoms with Gasteiger partial charge in [0.25, 0.3) is 5.91 Å². The van der Waals surface area contributed by atoms with Crippen LogP contribution in [0.3, 0.4) is 0 Å². The van der Waals surface area contributed by atoms with E-state index in [4.69, 9.17) is 9.84 Å². The average molecular weight is 295 g/mol. The van der Waals surface area contributed by atoms with Crippen molar-refractivity contribution in [1.29, 1.82) is 0 Å². The van der Waals surface area contributed by atoms with Gasteiger partial charge in [-0.2, -0.15) is 0 Å². The van der Waals surface area contributed by atoms with Gasteiger partial charge >= 0.3 is 0 Å². The molecule has 1 heterocycles. The molecule has 5 heteroatoms. The third kappa shape index (κ3) is 6.71. The Balaban J connectivity index is 2.28. The molecule has 0 saturated heterocycles. The first-order valence-corrected chi connectivity index (χ1v) is 7.65. The van der Waals surface area contributed by atoms with Gasteiger partial charge in [-0.25, -0.2) is 0 Å². The Morgan fingerprint density at radius 3 is 3.05 bits per heavy atom. The fourth-order valence-electron chi connectivity index (χ4n) is 1.40. The topological polar surface area (TPSA) is 58.6 Å². The summed E-state index contributed by atoms with van der Waals surface area (Å²) in [4.78, 5) is 13.3. The van der Waals surface area contributed by atoms with E-state index in [0.717, 1.165) is 24.3 Å². The van der Waals surface area contributed by atoms with E-state index in [-0.39, 0.29) is 12.5 Å². The maximum atomic E-state index is 11.8. The lowest BCUT2D eigenvalue weighted by Gasteiger charge is -2.04. The van der Waals surface area contributed by atoms with Crippen LogP contribution in [0.1, 0.15) is 40.7 Å². The minimum Gasteiger partial charge on any atom is -0.395 e. The van der Waals surface area contributed by atoms with Gasteiger partial charge in [-0.05, 0) is 18.6 Å². The van der Waals surface area contributed by atoms with Crippen LogP contribution in [0.2, 0.25) is 0 Å². The highest BCUT2D eigenvalue weighted by Gasteiger charge is 2.07. The molecule has 0 spiro atoms. The van der Waals surface area contributed by atoms with Gasteiger partial charge < -0.3 is 15.2 Å². The maximum absolute atomic E-state index is 11.8. The van der Waals surface area contributed by atoms with Crippen LogP contribution in [0.25, 0.3) is 0 Å². The Bertz CT molecular complexity index is 459. The van der Waals surface area contributed by atoms with Crippen LogP contribution in [0, 0.1) is 11.8 Å². The second-order valence-corrected chi connectivity index (χ2v) is 5.24. The summed E-state index contributed by atoms with van der Waals surface area (Å²) < 4.78 is 5.37. The standard InChI is InChI=1S/C15H21NO3S/c1-2-3-11-19-12-9-16-15(18)14-8-7-13(20-14)6-4-5-10-17/h7-8,17H,2-3,5,9-12H2,1H3,(H,16,18). The first kappa shape index (κ1) is 16.7. The Hall–Kier alpha value is -1.35. The number of carbonyl (C=O) groups excluding carboxylic acids is 1. The summed E-state index contributed by atoms with van der Waals surface area (Å²) in [5.74, 6) is 5.66. The van der Waals surface area contributed by atoms with E-state index >= 15 is 0 Å². The van der Waals surface area contributed by atoms with Crippen molar-refractivity contribution >= 4 is 17.2 Å². The molecule has 2 N–H and O–H groups in total. The summed E-state index contributed by atoms with van der Waals surface area (Å²) in [6.45, 7) is 3.98. The van der Waals surface area contributed by atoms with Crippen LogP contribution >= 0.6 is 11.3 Å². The number of amides is 1. The minimum absolute atomic E-state index is 0.0593. The number of aliphatic hydroxyl groups is 1. The molecule has 0 atom stereocenters. The van der Waals surface area contributed by atoms with Crippen molar-refractivity contribution in [2.45, 2.75) is 26.2 Å². The van der Waals surface area contributed by atoms with Crippen molar-refractivity contribution in [3.63, 3.8) is 0 Å². The molecule has 0 aliphatic heterocycles. The normalized spacial score (nSPS) is 9.90. The zero-order valence-corrected chi connectivity index (χ0v) is 12.6. The molecule has 0 radical (unpaired) electrons. The SMILES string of the molecule is CCCCOCCNC(=O)c1ccc(C#CCCO)s1. The monoisotopic (exact) mass is 295 g/mol. The molecule has 1 rings (SSSR count). The van der Waals surface area contributed by atoms with E-state index in [0.29, 0.717) is 24.4 Å². The van der Waals surface area contributed by atoms with Crippen molar-refractivity contribution < 1.29 is 14.6 Å². The molecule has 0 aliphatic carbocycles. The van der Waals surface area contributed by atoms with E-state index in [1.165, 1.54) is 11.3 Å². The lowest BCUT2D eigenvalue weighted by molar-refractivity contribution is 0.0916. The van der Waals surface area contributed by atoms with Gasteiger partial charge in [0, 0.05) is 19.6 Å². The second kappa shape index (κ2) is 10.4. The van der Waals surface area contributed by atoms with E-state index in [1.54, 1.807) is 6.07 Å². The van der Waals surface area contributed by atoms with Crippen LogP contribution in [-0.4, -0.2) is 37.4 Å². The molecule has 1 aromatic rings. The Morgan fingerprint density at radius 2 is 2.30 bits per heavy atom. The fraction of sp³-hybridized carbons (Fsp3) is 0.533. The Labute approximate surface area is 124 Å². The molecule has 0 bridgehead atoms. The van der Waals surface area contributed by atoms with Crippen LogP contribution in [-0.2, 0) is 4.74 Å². The summed E-state index contributed by atoms with van der Waals surface area (Å²) in [6, 6.07) is 3.59. The van der Waals surface area contributed by atoms with Crippen molar-refractivity contribution in [3.8, 4) is 11.8 Å². The van der Waals surface area contributed by atoms with E-state index in [2.05, 4.69) is 24.1 Å². The molecule has 0 aliphatic rings. The molecule has 0 aromatic carbocycles. The molecule has 0 fully saturated rings. The largest absolute Gasteiger partial charge is 0.395 e. The molecule has 1 amide bonds. The fourth-order valence-corrected chi connectivity index (χ4v) is 2.20. The van der Waals surface area contributed by atoms with Crippen LogP contribution in [0.15, 0.2) is 12.1 Å². The highest BCUT2D eigenvalue weighted by molar-refractivity contribution is 7.14. The summed E-state index contributed by atoms with van der Waals surface area (Å²) in [5.41, 5.74) is 0. The van der Waals surface area contributed by atoms with Crippen LogP contribution in [0.4, 0.5) is 0 Å². The van der Waals surface area contributed by atoms with E-state index in [9.17, 15) is 4.79 Å². The number of ether oxygens (including phenoxy) is 1. The predicted molar refractivity (Wildman–Crippen MR) is 81.0 cm³/mol. The number of carbonyl (C=O) groups is 1. The number of rotatable bonds is 8. The second-order valence-electron chi connectivity index (χ2n) is 4.16. The van der Waals surface area contributed by atoms with Crippen LogP contribution in [0.5, 0.6) is 0 Å². The van der Waals surface area contributed by atoms with E-state index in [1.807, 2.05) is 6.07 Å². The first-order valence-electron chi connectivity index (χ1n) is 6.83.